The molecule has 1 nitrogen and oxygen atoms in total. The Balaban J connectivity index is 2.60. The largest absolute Gasteiger partial charge is 0.324 e. The zero-order valence-electron chi connectivity index (χ0n) is 8.06. The minimum atomic E-state index is 0.0948. The van der Waals surface area contributed by atoms with Gasteiger partial charge < -0.3 is 5.73 Å². The highest BCUT2D eigenvalue weighted by atomic mass is 35.5. The second kappa shape index (κ2) is 3.73. The molecule has 0 radical (unpaired) electrons. The van der Waals surface area contributed by atoms with Crippen LogP contribution in [0.2, 0.25) is 10.0 Å². The highest BCUT2D eigenvalue weighted by molar-refractivity contribution is 6.35. The van der Waals surface area contributed by atoms with Crippen LogP contribution in [0.15, 0.2) is 12.1 Å². The number of halogens is 2. The van der Waals surface area contributed by atoms with E-state index in [1.165, 1.54) is 5.56 Å². The van der Waals surface area contributed by atoms with Crippen LogP contribution in [0.3, 0.4) is 0 Å². The van der Waals surface area contributed by atoms with Crippen molar-refractivity contribution in [2.24, 2.45) is 5.73 Å². The monoisotopic (exact) mass is 229 g/mol. The van der Waals surface area contributed by atoms with E-state index in [1.807, 2.05) is 6.07 Å². The molecule has 2 N–H and O–H groups in total. The van der Waals surface area contributed by atoms with Gasteiger partial charge in [0.15, 0.2) is 0 Å². The summed E-state index contributed by atoms with van der Waals surface area (Å²) >= 11 is 12.1. The predicted molar refractivity (Wildman–Crippen MR) is 61.0 cm³/mol. The lowest BCUT2D eigenvalue weighted by atomic mass is 9.81. The first-order valence-electron chi connectivity index (χ1n) is 4.84. The minimum Gasteiger partial charge on any atom is -0.324 e. The van der Waals surface area contributed by atoms with Crippen molar-refractivity contribution in [3.63, 3.8) is 0 Å². The molecule has 0 spiro atoms. The number of fused-ring (bicyclic) bond motifs is 1. The van der Waals surface area contributed by atoms with E-state index < -0.39 is 0 Å². The quantitative estimate of drug-likeness (QED) is 0.718. The van der Waals surface area contributed by atoms with E-state index in [1.54, 1.807) is 6.07 Å². The third-order valence-electron chi connectivity index (χ3n) is 2.93. The molecule has 0 saturated carbocycles. The Morgan fingerprint density at radius 3 is 2.71 bits per heavy atom. The van der Waals surface area contributed by atoms with Crippen molar-refractivity contribution in [1.82, 2.24) is 0 Å². The van der Waals surface area contributed by atoms with Gasteiger partial charge in [-0.2, -0.15) is 0 Å². The normalized spacial score (nSPS) is 26.0. The molecule has 2 atom stereocenters. The van der Waals surface area contributed by atoms with Gasteiger partial charge in [0, 0.05) is 16.1 Å². The molecular formula is C11H13Cl2N. The Kier molecular flexibility index (Phi) is 2.74. The van der Waals surface area contributed by atoms with Gasteiger partial charge in [-0.3, -0.25) is 0 Å². The summed E-state index contributed by atoms with van der Waals surface area (Å²) in [6.45, 7) is 2.19. The van der Waals surface area contributed by atoms with Gasteiger partial charge in [-0.05, 0) is 42.0 Å². The number of nitrogens with two attached hydrogens (primary N) is 1. The average molecular weight is 230 g/mol. The lowest BCUT2D eigenvalue weighted by Gasteiger charge is -2.28. The van der Waals surface area contributed by atoms with Crippen LogP contribution in [-0.2, 0) is 0 Å². The molecule has 1 aromatic carbocycles. The van der Waals surface area contributed by atoms with E-state index in [9.17, 15) is 0 Å². The summed E-state index contributed by atoms with van der Waals surface area (Å²) in [5.41, 5.74) is 8.34. The molecule has 0 saturated heterocycles. The number of hydrogen-bond acceptors (Lipinski definition) is 1. The molecule has 76 valence electrons. The summed E-state index contributed by atoms with van der Waals surface area (Å²) < 4.78 is 0. The molecule has 3 heteroatoms. The summed E-state index contributed by atoms with van der Waals surface area (Å²) in [7, 11) is 0. The minimum absolute atomic E-state index is 0.0948. The Hall–Kier alpha value is -0.240. The Morgan fingerprint density at radius 2 is 2.00 bits per heavy atom. The molecule has 1 aliphatic rings. The molecule has 1 aromatic rings. The van der Waals surface area contributed by atoms with E-state index in [4.69, 9.17) is 28.9 Å². The Bertz CT molecular complexity index is 363. The van der Waals surface area contributed by atoms with Crippen molar-refractivity contribution in [2.75, 3.05) is 0 Å². The smallest absolute Gasteiger partial charge is 0.0458 e. The fourth-order valence-corrected chi connectivity index (χ4v) is 2.86. The first-order valence-corrected chi connectivity index (χ1v) is 5.59. The van der Waals surface area contributed by atoms with Crippen LogP contribution in [0.4, 0.5) is 0 Å². The maximum absolute atomic E-state index is 6.17. The topological polar surface area (TPSA) is 26.0 Å². The molecule has 0 fully saturated rings. The summed E-state index contributed by atoms with van der Waals surface area (Å²) in [4.78, 5) is 0. The zero-order valence-corrected chi connectivity index (χ0v) is 9.57. The summed E-state index contributed by atoms with van der Waals surface area (Å²) in [6, 6.07) is 3.84. The summed E-state index contributed by atoms with van der Waals surface area (Å²) in [5, 5.41) is 1.44. The van der Waals surface area contributed by atoms with E-state index in [0.717, 1.165) is 23.4 Å². The van der Waals surface area contributed by atoms with Crippen LogP contribution in [-0.4, -0.2) is 0 Å². The molecule has 0 bridgehead atoms. The van der Waals surface area contributed by atoms with Crippen molar-refractivity contribution in [3.05, 3.63) is 33.3 Å². The molecule has 1 unspecified atom stereocenters. The van der Waals surface area contributed by atoms with Crippen molar-refractivity contribution in [1.29, 1.82) is 0 Å². The van der Waals surface area contributed by atoms with Gasteiger partial charge in [-0.25, -0.2) is 0 Å². The van der Waals surface area contributed by atoms with Gasteiger partial charge in [-0.15, -0.1) is 0 Å². The zero-order chi connectivity index (χ0) is 10.3. The molecule has 14 heavy (non-hydrogen) atoms. The van der Waals surface area contributed by atoms with Gasteiger partial charge in [0.05, 0.1) is 0 Å². The predicted octanol–water partition coefficient (Wildman–Crippen LogP) is 3.89. The van der Waals surface area contributed by atoms with Crippen molar-refractivity contribution in [2.45, 2.75) is 31.7 Å². The Morgan fingerprint density at radius 1 is 1.29 bits per heavy atom. The fourth-order valence-electron chi connectivity index (χ4n) is 2.16. The Labute approximate surface area is 94.2 Å². The number of rotatable bonds is 0. The SMILES string of the molecule is CC1CC[C@@H](N)c2cc(Cl)cc(Cl)c21. The molecule has 2 rings (SSSR count). The van der Waals surface area contributed by atoms with Crippen LogP contribution in [0, 0.1) is 0 Å². The van der Waals surface area contributed by atoms with Gasteiger partial charge in [0.2, 0.25) is 0 Å². The summed E-state index contributed by atoms with van der Waals surface area (Å²) in [6.07, 6.45) is 2.13. The van der Waals surface area contributed by atoms with Crippen molar-refractivity contribution in [3.8, 4) is 0 Å². The maximum atomic E-state index is 6.17. The van der Waals surface area contributed by atoms with E-state index in [0.29, 0.717) is 10.9 Å². The standard InChI is InChI=1S/C11H13Cl2N/c1-6-2-3-10(14)8-4-7(12)5-9(13)11(6)8/h4-6,10H,2-3,14H2,1H3/t6?,10-/m1/s1. The van der Waals surface area contributed by atoms with Crippen LogP contribution in [0.25, 0.3) is 0 Å². The lowest BCUT2D eigenvalue weighted by Crippen LogP contribution is -2.19. The molecule has 0 aliphatic heterocycles. The van der Waals surface area contributed by atoms with Crippen molar-refractivity contribution < 1.29 is 0 Å². The number of hydrogen-bond donors (Lipinski definition) is 1. The third kappa shape index (κ3) is 1.65. The molecule has 0 heterocycles. The number of benzene rings is 1. The molecule has 0 aromatic heterocycles. The van der Waals surface area contributed by atoms with Gasteiger partial charge >= 0.3 is 0 Å². The highest BCUT2D eigenvalue weighted by Gasteiger charge is 2.24. The first kappa shape index (κ1) is 10.3. The van der Waals surface area contributed by atoms with E-state index >= 15 is 0 Å². The fraction of sp³-hybridized carbons (Fsp3) is 0.455. The van der Waals surface area contributed by atoms with Gasteiger partial charge in [0.25, 0.3) is 0 Å². The highest BCUT2D eigenvalue weighted by Crippen LogP contribution is 2.41. The summed E-state index contributed by atoms with van der Waals surface area (Å²) in [5.74, 6) is 0.495. The lowest BCUT2D eigenvalue weighted by molar-refractivity contribution is 0.514. The molecular weight excluding hydrogens is 217 g/mol. The third-order valence-corrected chi connectivity index (χ3v) is 3.46. The van der Waals surface area contributed by atoms with Crippen LogP contribution >= 0.6 is 23.2 Å². The second-order valence-corrected chi connectivity index (χ2v) is 4.82. The molecule has 1 aliphatic carbocycles. The average Bonchev–Trinajstić information content (AvgIpc) is 2.10. The van der Waals surface area contributed by atoms with Crippen LogP contribution in [0.5, 0.6) is 0 Å². The van der Waals surface area contributed by atoms with E-state index in [2.05, 4.69) is 6.92 Å². The molecule has 0 amide bonds. The van der Waals surface area contributed by atoms with Gasteiger partial charge in [0.1, 0.15) is 0 Å². The van der Waals surface area contributed by atoms with Crippen molar-refractivity contribution >= 4 is 23.2 Å². The maximum Gasteiger partial charge on any atom is 0.0458 e. The second-order valence-electron chi connectivity index (χ2n) is 3.98. The first-order chi connectivity index (χ1) is 6.59. The van der Waals surface area contributed by atoms with Gasteiger partial charge in [-0.1, -0.05) is 30.1 Å². The van der Waals surface area contributed by atoms with Crippen LogP contribution < -0.4 is 5.73 Å². The van der Waals surface area contributed by atoms with Crippen LogP contribution in [0.1, 0.15) is 42.9 Å². The van der Waals surface area contributed by atoms with E-state index in [-0.39, 0.29) is 6.04 Å².